The lowest BCUT2D eigenvalue weighted by atomic mass is 10.0. The summed E-state index contributed by atoms with van der Waals surface area (Å²) in [5.41, 5.74) is 0. The van der Waals surface area contributed by atoms with E-state index in [0.29, 0.717) is 0 Å². The zero-order valence-electron chi connectivity index (χ0n) is 6.69. The van der Waals surface area contributed by atoms with Gasteiger partial charge in [0.2, 0.25) is 0 Å². The van der Waals surface area contributed by atoms with Gasteiger partial charge in [0.25, 0.3) is 0 Å². The average molecular weight is 303 g/mol. The molecule has 1 saturated carbocycles. The fourth-order valence-corrected chi connectivity index (χ4v) is 1.06. The summed E-state index contributed by atoms with van der Waals surface area (Å²) >= 11 is 0. The second kappa shape index (κ2) is 29.3. The molecule has 1 aliphatic rings. The first-order valence-corrected chi connectivity index (χ1v) is 3.00. The zero-order valence-corrected chi connectivity index (χ0v) is 11.6. The van der Waals surface area contributed by atoms with Crippen molar-refractivity contribution in [3.05, 3.63) is 0 Å². The molecule has 0 radical (unpaired) electrons. The molecule has 0 bridgehead atoms. The van der Waals surface area contributed by atoms with Gasteiger partial charge in [0.15, 0.2) is 0 Å². The van der Waals surface area contributed by atoms with E-state index in [4.69, 9.17) is 0 Å². The molecule has 0 saturated heterocycles. The molecule has 84 valence electrons. The van der Waals surface area contributed by atoms with Gasteiger partial charge in [-0.2, -0.15) is 0 Å². The van der Waals surface area contributed by atoms with Gasteiger partial charge in [-0.05, 0) is 0 Å². The smallest absolute Gasteiger partial charge is 0.0533 e. The van der Waals surface area contributed by atoms with E-state index in [0.717, 1.165) is 0 Å². The van der Waals surface area contributed by atoms with Gasteiger partial charge in [-0.1, -0.05) is 38.5 Å². The summed E-state index contributed by atoms with van der Waals surface area (Å²) in [6, 6.07) is 0. The van der Waals surface area contributed by atoms with E-state index in [2.05, 4.69) is 0 Å². The van der Waals surface area contributed by atoms with Gasteiger partial charge in [0.05, 0.1) is 0 Å². The third kappa shape index (κ3) is 22.6. The van der Waals surface area contributed by atoms with E-state index in [9.17, 15) is 0 Å². The van der Waals surface area contributed by atoms with E-state index in [1.807, 2.05) is 0 Å². The molecule has 0 nitrogen and oxygen atoms in total. The van der Waals surface area contributed by atoms with Crippen molar-refractivity contribution in [2.45, 2.75) is 38.5 Å². The molecule has 0 aliphatic heterocycles. The fourth-order valence-electron chi connectivity index (χ4n) is 1.06. The number of hydrogen-bond acceptors (Lipinski definition) is 0. The highest BCUT2D eigenvalue weighted by atomic mass is 35.5. The van der Waals surface area contributed by atoms with Crippen LogP contribution in [-0.2, 0) is 0 Å². The van der Waals surface area contributed by atoms with E-state index < -0.39 is 0 Å². The first-order valence-electron chi connectivity index (χ1n) is 3.00. The van der Waals surface area contributed by atoms with Gasteiger partial charge in [-0.3, -0.25) is 0 Å². The average Bonchev–Trinajstić information content (AvgIpc) is 1.72. The Morgan fingerprint density at radius 3 is 0.417 bits per heavy atom. The first-order chi connectivity index (χ1) is 3.00. The molecule has 0 aromatic heterocycles. The molecule has 0 unspecified atom stereocenters. The second-order valence-corrected chi connectivity index (χ2v) is 2.12. The SMILES string of the molecule is C1CCCCC1.Cl.Cl.Cl.Cl.Cl.Cl. The Bertz CT molecular complexity index is 27.5. The lowest BCUT2D eigenvalue weighted by molar-refractivity contribution is 0.504. The number of halogens is 6. The predicted octanol–water partition coefficient (Wildman–Crippen LogP) is 4.87. The van der Waals surface area contributed by atoms with Gasteiger partial charge in [-0.25, -0.2) is 0 Å². The van der Waals surface area contributed by atoms with Crippen molar-refractivity contribution in [2.75, 3.05) is 0 Å². The number of hydrogen-bond donors (Lipinski definition) is 0. The third-order valence-corrected chi connectivity index (χ3v) is 1.50. The molecular weight excluding hydrogens is 285 g/mol. The summed E-state index contributed by atoms with van der Waals surface area (Å²) in [5, 5.41) is 0. The summed E-state index contributed by atoms with van der Waals surface area (Å²) in [5.74, 6) is 0. The van der Waals surface area contributed by atoms with E-state index in [1.165, 1.54) is 38.5 Å². The van der Waals surface area contributed by atoms with Crippen molar-refractivity contribution in [2.24, 2.45) is 0 Å². The third-order valence-electron chi connectivity index (χ3n) is 1.50. The highest BCUT2D eigenvalue weighted by Crippen LogP contribution is 2.15. The highest BCUT2D eigenvalue weighted by molar-refractivity contribution is 5.86. The Labute approximate surface area is 112 Å². The predicted molar refractivity (Wildman–Crippen MR) is 71.2 cm³/mol. The molecule has 0 atom stereocenters. The van der Waals surface area contributed by atoms with Crippen LogP contribution in [0.1, 0.15) is 38.5 Å². The Morgan fingerprint density at radius 2 is 0.333 bits per heavy atom. The zero-order chi connectivity index (χ0) is 4.24. The first kappa shape index (κ1) is 37.2. The molecule has 0 N–H and O–H groups in total. The molecule has 1 aliphatic carbocycles. The maximum absolute atomic E-state index is 1.50. The quantitative estimate of drug-likeness (QED) is 0.599. The van der Waals surface area contributed by atoms with Crippen molar-refractivity contribution in [1.29, 1.82) is 0 Å². The monoisotopic (exact) mass is 300 g/mol. The molecule has 0 heterocycles. The largest absolute Gasteiger partial charge is 0.147 e. The standard InChI is InChI=1S/C6H12.6ClH/c1-2-4-6-5-3-1;;;;;;/h1-6H2;6*1H. The topological polar surface area (TPSA) is 0 Å². The maximum atomic E-state index is 1.50. The van der Waals surface area contributed by atoms with Gasteiger partial charge >= 0.3 is 0 Å². The van der Waals surface area contributed by atoms with Gasteiger partial charge < -0.3 is 0 Å². The maximum Gasteiger partial charge on any atom is -0.0533 e. The van der Waals surface area contributed by atoms with Gasteiger partial charge in [0, 0.05) is 0 Å². The van der Waals surface area contributed by atoms with E-state index in [1.54, 1.807) is 0 Å². The van der Waals surface area contributed by atoms with Crippen LogP contribution in [0.4, 0.5) is 0 Å². The van der Waals surface area contributed by atoms with Crippen LogP contribution in [0, 0.1) is 0 Å². The van der Waals surface area contributed by atoms with Crippen LogP contribution in [-0.4, -0.2) is 0 Å². The van der Waals surface area contributed by atoms with Crippen molar-refractivity contribution < 1.29 is 0 Å². The van der Waals surface area contributed by atoms with Gasteiger partial charge in [0.1, 0.15) is 0 Å². The Morgan fingerprint density at radius 1 is 0.250 bits per heavy atom. The minimum Gasteiger partial charge on any atom is -0.147 e. The van der Waals surface area contributed by atoms with Crippen LogP contribution < -0.4 is 0 Å². The molecule has 0 amide bonds. The molecule has 1 rings (SSSR count). The van der Waals surface area contributed by atoms with Crippen LogP contribution in [0.5, 0.6) is 0 Å². The minimum absolute atomic E-state index is 0. The lowest BCUT2D eigenvalue weighted by Crippen LogP contribution is -1.85. The molecule has 0 aromatic rings. The Kier molecular flexibility index (Phi) is 90.9. The van der Waals surface area contributed by atoms with E-state index in [-0.39, 0.29) is 74.4 Å². The van der Waals surface area contributed by atoms with E-state index >= 15 is 0 Å². The molecule has 12 heavy (non-hydrogen) atoms. The number of rotatable bonds is 0. The minimum atomic E-state index is 0. The summed E-state index contributed by atoms with van der Waals surface area (Å²) in [7, 11) is 0. The van der Waals surface area contributed by atoms with Crippen molar-refractivity contribution in [3.8, 4) is 0 Å². The van der Waals surface area contributed by atoms with Crippen LogP contribution in [0.3, 0.4) is 0 Å². The molecule has 0 aromatic carbocycles. The fraction of sp³-hybridized carbons (Fsp3) is 1.00. The Hall–Kier alpha value is 1.74. The highest BCUT2D eigenvalue weighted by Gasteiger charge is 1.95. The van der Waals surface area contributed by atoms with Crippen molar-refractivity contribution in [1.82, 2.24) is 0 Å². The normalized spacial score (nSPS) is 12.0. The molecular formula is C6H18Cl6. The van der Waals surface area contributed by atoms with Crippen LogP contribution in [0.2, 0.25) is 0 Å². The summed E-state index contributed by atoms with van der Waals surface area (Å²) in [6.07, 6.45) is 9.00. The molecule has 6 heteroatoms. The lowest BCUT2D eigenvalue weighted by Gasteiger charge is -2.05. The van der Waals surface area contributed by atoms with Crippen LogP contribution >= 0.6 is 74.4 Å². The summed E-state index contributed by atoms with van der Waals surface area (Å²) in [6.45, 7) is 0. The second-order valence-electron chi connectivity index (χ2n) is 2.12. The summed E-state index contributed by atoms with van der Waals surface area (Å²) in [4.78, 5) is 0. The Balaban J connectivity index is -0.0000000150. The van der Waals surface area contributed by atoms with Crippen molar-refractivity contribution in [3.63, 3.8) is 0 Å². The molecule has 0 spiro atoms. The van der Waals surface area contributed by atoms with Crippen molar-refractivity contribution >= 4 is 74.4 Å². The van der Waals surface area contributed by atoms with Crippen LogP contribution in [0.15, 0.2) is 0 Å². The van der Waals surface area contributed by atoms with Gasteiger partial charge in [-0.15, -0.1) is 74.4 Å². The molecule has 1 fully saturated rings. The summed E-state index contributed by atoms with van der Waals surface area (Å²) < 4.78 is 0. The van der Waals surface area contributed by atoms with Crippen LogP contribution in [0.25, 0.3) is 0 Å².